The number of hydrogen-bond acceptors (Lipinski definition) is 3. The van der Waals surface area contributed by atoms with Gasteiger partial charge >= 0.3 is 5.97 Å². The van der Waals surface area contributed by atoms with Crippen LogP contribution in [-0.4, -0.2) is 25.5 Å². The maximum atomic E-state index is 12.0. The average Bonchev–Trinajstić information content (AvgIpc) is 2.42. The van der Waals surface area contributed by atoms with E-state index in [9.17, 15) is 9.59 Å². The number of benzene rings is 1. The number of carbonyl (C=O) groups excluding carboxylic acids is 2. The molecule has 1 atom stereocenters. The van der Waals surface area contributed by atoms with E-state index < -0.39 is 5.97 Å². The summed E-state index contributed by atoms with van der Waals surface area (Å²) in [6, 6.07) is 9.59. The molecule has 0 spiro atoms. The second-order valence-corrected chi connectivity index (χ2v) is 4.05. The second kappa shape index (κ2) is 7.48. The summed E-state index contributed by atoms with van der Waals surface area (Å²) in [7, 11) is 1.30. The van der Waals surface area contributed by atoms with Crippen LogP contribution in [0, 0.1) is 0 Å². The molecule has 1 rings (SSSR count). The minimum Gasteiger partial charge on any atom is -0.468 e. The largest absolute Gasteiger partial charge is 0.468 e. The number of carbonyl (C=O) groups is 2. The van der Waals surface area contributed by atoms with E-state index in [0.717, 1.165) is 18.4 Å². The fourth-order valence-electron chi connectivity index (χ4n) is 1.78. The zero-order valence-corrected chi connectivity index (χ0v) is 10.8. The molecule has 98 valence electrons. The van der Waals surface area contributed by atoms with Crippen molar-refractivity contribution in [1.82, 2.24) is 5.32 Å². The van der Waals surface area contributed by atoms with Gasteiger partial charge in [0.05, 0.1) is 13.0 Å². The SMILES string of the molecule is CCC[C@H](C(=O)NCC(=O)OC)c1ccccc1. The first-order valence-corrected chi connectivity index (χ1v) is 6.08. The summed E-state index contributed by atoms with van der Waals surface area (Å²) in [4.78, 5) is 23.0. The molecule has 0 aromatic heterocycles. The molecular formula is C14H19NO3. The maximum Gasteiger partial charge on any atom is 0.325 e. The van der Waals surface area contributed by atoms with Crippen LogP contribution in [0.3, 0.4) is 0 Å². The van der Waals surface area contributed by atoms with Gasteiger partial charge in [0, 0.05) is 0 Å². The summed E-state index contributed by atoms with van der Waals surface area (Å²) in [5.41, 5.74) is 0.974. The lowest BCUT2D eigenvalue weighted by atomic mass is 9.94. The molecule has 1 aromatic rings. The maximum absolute atomic E-state index is 12.0. The molecule has 0 aliphatic rings. The third-order valence-electron chi connectivity index (χ3n) is 2.73. The highest BCUT2D eigenvalue weighted by atomic mass is 16.5. The quantitative estimate of drug-likeness (QED) is 0.783. The van der Waals surface area contributed by atoms with Crippen molar-refractivity contribution in [3.05, 3.63) is 35.9 Å². The lowest BCUT2D eigenvalue weighted by Crippen LogP contribution is -2.34. The summed E-state index contributed by atoms with van der Waals surface area (Å²) in [5.74, 6) is -0.777. The van der Waals surface area contributed by atoms with Crippen molar-refractivity contribution in [3.63, 3.8) is 0 Å². The van der Waals surface area contributed by atoms with Gasteiger partial charge in [-0.05, 0) is 12.0 Å². The summed E-state index contributed by atoms with van der Waals surface area (Å²) >= 11 is 0. The molecule has 0 aliphatic heterocycles. The number of esters is 1. The van der Waals surface area contributed by atoms with Crippen LogP contribution in [0.1, 0.15) is 31.2 Å². The van der Waals surface area contributed by atoms with Crippen LogP contribution >= 0.6 is 0 Å². The molecule has 0 bridgehead atoms. The third-order valence-corrected chi connectivity index (χ3v) is 2.73. The Bertz CT molecular complexity index is 389. The van der Waals surface area contributed by atoms with Crippen LogP contribution in [0.2, 0.25) is 0 Å². The fraction of sp³-hybridized carbons (Fsp3) is 0.429. The number of methoxy groups -OCH3 is 1. The average molecular weight is 249 g/mol. The highest BCUT2D eigenvalue weighted by molar-refractivity contribution is 5.86. The van der Waals surface area contributed by atoms with Gasteiger partial charge in [-0.3, -0.25) is 9.59 Å². The monoisotopic (exact) mass is 249 g/mol. The predicted octanol–water partition coefficient (Wildman–Crippen LogP) is 1.86. The molecule has 0 radical (unpaired) electrons. The number of nitrogens with one attached hydrogen (secondary N) is 1. The summed E-state index contributed by atoms with van der Waals surface area (Å²) < 4.78 is 4.49. The molecule has 4 nitrogen and oxygen atoms in total. The molecular weight excluding hydrogens is 230 g/mol. The van der Waals surface area contributed by atoms with Gasteiger partial charge in [0.2, 0.25) is 5.91 Å². The molecule has 1 amide bonds. The highest BCUT2D eigenvalue weighted by Crippen LogP contribution is 2.21. The van der Waals surface area contributed by atoms with Gasteiger partial charge in [0.1, 0.15) is 6.54 Å². The lowest BCUT2D eigenvalue weighted by Gasteiger charge is -2.16. The van der Waals surface area contributed by atoms with E-state index in [1.165, 1.54) is 7.11 Å². The van der Waals surface area contributed by atoms with Crippen LogP contribution in [0.4, 0.5) is 0 Å². The summed E-state index contributed by atoms with van der Waals surface area (Å²) in [5, 5.41) is 2.60. The van der Waals surface area contributed by atoms with Gasteiger partial charge in [-0.2, -0.15) is 0 Å². The highest BCUT2D eigenvalue weighted by Gasteiger charge is 2.19. The first-order valence-electron chi connectivity index (χ1n) is 6.08. The van der Waals surface area contributed by atoms with Gasteiger partial charge in [-0.25, -0.2) is 0 Å². The summed E-state index contributed by atoms with van der Waals surface area (Å²) in [6.07, 6.45) is 1.67. The predicted molar refractivity (Wildman–Crippen MR) is 69.1 cm³/mol. The molecule has 1 N–H and O–H groups in total. The van der Waals surface area contributed by atoms with Crippen LogP contribution < -0.4 is 5.32 Å². The summed E-state index contributed by atoms with van der Waals surface area (Å²) in [6.45, 7) is 1.95. The van der Waals surface area contributed by atoms with Crippen LogP contribution in [0.15, 0.2) is 30.3 Å². The Hall–Kier alpha value is -1.84. The molecule has 18 heavy (non-hydrogen) atoms. The number of amides is 1. The first-order chi connectivity index (χ1) is 8.69. The van der Waals surface area contributed by atoms with Gasteiger partial charge in [0.15, 0.2) is 0 Å². The van der Waals surface area contributed by atoms with Crippen molar-refractivity contribution in [1.29, 1.82) is 0 Å². The second-order valence-electron chi connectivity index (χ2n) is 4.05. The minimum absolute atomic E-state index is 0.0810. The van der Waals surface area contributed by atoms with Crippen molar-refractivity contribution in [2.75, 3.05) is 13.7 Å². The van der Waals surface area contributed by atoms with Crippen molar-refractivity contribution < 1.29 is 14.3 Å². The Morgan fingerprint density at radius 3 is 2.50 bits per heavy atom. The Labute approximate surface area is 107 Å². The number of hydrogen-bond donors (Lipinski definition) is 1. The van der Waals surface area contributed by atoms with Crippen LogP contribution in [-0.2, 0) is 14.3 Å². The number of rotatable bonds is 6. The Morgan fingerprint density at radius 2 is 1.94 bits per heavy atom. The van der Waals surface area contributed by atoms with E-state index in [4.69, 9.17) is 0 Å². The van der Waals surface area contributed by atoms with E-state index in [2.05, 4.69) is 10.1 Å². The van der Waals surface area contributed by atoms with Crippen molar-refractivity contribution in [2.24, 2.45) is 0 Å². The fourth-order valence-corrected chi connectivity index (χ4v) is 1.78. The molecule has 4 heteroatoms. The topological polar surface area (TPSA) is 55.4 Å². The Balaban J connectivity index is 2.67. The Kier molecular flexibility index (Phi) is 5.91. The normalized spacial score (nSPS) is 11.7. The zero-order valence-electron chi connectivity index (χ0n) is 10.8. The third kappa shape index (κ3) is 4.20. The molecule has 1 aromatic carbocycles. The van der Waals surface area contributed by atoms with E-state index in [1.54, 1.807) is 0 Å². The zero-order chi connectivity index (χ0) is 13.4. The standard InChI is InChI=1S/C14H19NO3/c1-3-7-12(11-8-5-4-6-9-11)14(17)15-10-13(16)18-2/h4-6,8-9,12H,3,7,10H2,1-2H3,(H,15,17)/t12-/m0/s1. The van der Waals surface area contributed by atoms with Gasteiger partial charge in [0.25, 0.3) is 0 Å². The lowest BCUT2D eigenvalue weighted by molar-refractivity contribution is -0.141. The van der Waals surface area contributed by atoms with Crippen LogP contribution in [0.25, 0.3) is 0 Å². The van der Waals surface area contributed by atoms with Gasteiger partial charge in [-0.15, -0.1) is 0 Å². The van der Waals surface area contributed by atoms with E-state index in [-0.39, 0.29) is 18.4 Å². The van der Waals surface area contributed by atoms with E-state index >= 15 is 0 Å². The number of ether oxygens (including phenoxy) is 1. The molecule has 0 fully saturated rings. The first kappa shape index (κ1) is 14.2. The Morgan fingerprint density at radius 1 is 1.28 bits per heavy atom. The van der Waals surface area contributed by atoms with Gasteiger partial charge in [-0.1, -0.05) is 43.7 Å². The van der Waals surface area contributed by atoms with Crippen molar-refractivity contribution >= 4 is 11.9 Å². The molecule has 0 aliphatic carbocycles. The van der Waals surface area contributed by atoms with E-state index in [1.807, 2.05) is 37.3 Å². The molecule has 0 saturated heterocycles. The van der Waals surface area contributed by atoms with E-state index in [0.29, 0.717) is 0 Å². The van der Waals surface area contributed by atoms with Gasteiger partial charge < -0.3 is 10.1 Å². The minimum atomic E-state index is -0.438. The van der Waals surface area contributed by atoms with Crippen molar-refractivity contribution in [3.8, 4) is 0 Å². The van der Waals surface area contributed by atoms with Crippen molar-refractivity contribution in [2.45, 2.75) is 25.7 Å². The smallest absolute Gasteiger partial charge is 0.325 e. The molecule has 0 heterocycles. The molecule has 0 saturated carbocycles. The van der Waals surface area contributed by atoms with Crippen LogP contribution in [0.5, 0.6) is 0 Å². The molecule has 0 unspecified atom stereocenters.